The van der Waals surface area contributed by atoms with Crippen LogP contribution in [-0.2, 0) is 9.53 Å². The van der Waals surface area contributed by atoms with Gasteiger partial charge in [-0.2, -0.15) is 0 Å². The van der Waals surface area contributed by atoms with Gasteiger partial charge < -0.3 is 9.64 Å². The van der Waals surface area contributed by atoms with Crippen molar-refractivity contribution in [2.24, 2.45) is 5.92 Å². The Kier molecular flexibility index (Phi) is 4.47. The van der Waals surface area contributed by atoms with Crippen molar-refractivity contribution >= 4 is 17.5 Å². The molecule has 2 atom stereocenters. The number of ether oxygens (including phenoxy) is 1. The summed E-state index contributed by atoms with van der Waals surface area (Å²) >= 11 is 5.72. The summed E-state index contributed by atoms with van der Waals surface area (Å²) in [6, 6.07) is 0. The number of amides is 1. The van der Waals surface area contributed by atoms with Crippen molar-refractivity contribution in [3.63, 3.8) is 0 Å². The number of alkyl halides is 1. The maximum atomic E-state index is 12.0. The largest absolute Gasteiger partial charge is 0.378 e. The fourth-order valence-corrected chi connectivity index (χ4v) is 2.89. The topological polar surface area (TPSA) is 29.5 Å². The number of hydrogen-bond donors (Lipinski definition) is 0. The Labute approximate surface area is 102 Å². The minimum Gasteiger partial charge on any atom is -0.378 e. The second-order valence-corrected chi connectivity index (χ2v) is 5.19. The molecule has 0 aromatic carbocycles. The average Bonchev–Trinajstić information content (AvgIpc) is 2.89. The Hall–Kier alpha value is -0.280. The Balaban J connectivity index is 1.73. The maximum Gasteiger partial charge on any atom is 0.225 e. The summed E-state index contributed by atoms with van der Waals surface area (Å²) in [5, 5.41) is 0. The molecule has 0 radical (unpaired) electrons. The van der Waals surface area contributed by atoms with Gasteiger partial charge in [-0.3, -0.25) is 4.79 Å². The van der Waals surface area contributed by atoms with Gasteiger partial charge in [0.2, 0.25) is 5.91 Å². The van der Waals surface area contributed by atoms with Crippen molar-refractivity contribution in [3.05, 3.63) is 0 Å². The lowest BCUT2D eigenvalue weighted by Gasteiger charge is -2.18. The lowest BCUT2D eigenvalue weighted by molar-refractivity contribution is -0.132. The third kappa shape index (κ3) is 3.11. The van der Waals surface area contributed by atoms with Crippen LogP contribution in [0.3, 0.4) is 0 Å². The van der Waals surface area contributed by atoms with Gasteiger partial charge in [-0.15, -0.1) is 11.6 Å². The maximum absolute atomic E-state index is 12.0. The standard InChI is InChI=1S/C12H20ClNO2/c13-5-3-10-4-6-14(9-10)12(15)8-11-2-1-7-16-11/h10-11H,1-9H2. The zero-order valence-corrected chi connectivity index (χ0v) is 10.4. The molecule has 0 spiro atoms. The van der Waals surface area contributed by atoms with E-state index in [0.29, 0.717) is 18.2 Å². The van der Waals surface area contributed by atoms with E-state index < -0.39 is 0 Å². The van der Waals surface area contributed by atoms with Gasteiger partial charge in [0.05, 0.1) is 12.5 Å². The number of halogens is 1. The van der Waals surface area contributed by atoms with Crippen molar-refractivity contribution in [2.75, 3.05) is 25.6 Å². The summed E-state index contributed by atoms with van der Waals surface area (Å²) in [7, 11) is 0. The summed E-state index contributed by atoms with van der Waals surface area (Å²) in [5.74, 6) is 1.59. The Morgan fingerprint density at radius 2 is 2.31 bits per heavy atom. The monoisotopic (exact) mass is 245 g/mol. The van der Waals surface area contributed by atoms with E-state index in [1.807, 2.05) is 4.90 Å². The molecular formula is C12H20ClNO2. The molecule has 0 bridgehead atoms. The van der Waals surface area contributed by atoms with Crippen molar-refractivity contribution in [2.45, 2.75) is 38.2 Å². The average molecular weight is 246 g/mol. The van der Waals surface area contributed by atoms with E-state index in [2.05, 4.69) is 0 Å². The van der Waals surface area contributed by atoms with E-state index in [1.165, 1.54) is 0 Å². The number of carbonyl (C=O) groups is 1. The first-order chi connectivity index (χ1) is 7.79. The van der Waals surface area contributed by atoms with Gasteiger partial charge in [0.25, 0.3) is 0 Å². The highest BCUT2D eigenvalue weighted by Gasteiger charge is 2.28. The normalized spacial score (nSPS) is 29.9. The van der Waals surface area contributed by atoms with Gasteiger partial charge in [-0.25, -0.2) is 0 Å². The molecule has 0 aliphatic carbocycles. The molecule has 92 valence electrons. The van der Waals surface area contributed by atoms with E-state index in [4.69, 9.17) is 16.3 Å². The number of hydrogen-bond acceptors (Lipinski definition) is 2. The van der Waals surface area contributed by atoms with Gasteiger partial charge in [0, 0.05) is 25.6 Å². The van der Waals surface area contributed by atoms with Crippen molar-refractivity contribution in [3.8, 4) is 0 Å². The molecule has 0 N–H and O–H groups in total. The third-order valence-electron chi connectivity index (χ3n) is 3.58. The molecule has 0 saturated carbocycles. The molecule has 3 nitrogen and oxygen atoms in total. The summed E-state index contributed by atoms with van der Waals surface area (Å²) in [4.78, 5) is 13.9. The molecule has 2 saturated heterocycles. The van der Waals surface area contributed by atoms with Crippen LogP contribution >= 0.6 is 11.6 Å². The second-order valence-electron chi connectivity index (χ2n) is 4.81. The Morgan fingerprint density at radius 1 is 1.44 bits per heavy atom. The molecule has 2 fully saturated rings. The lowest BCUT2D eigenvalue weighted by atomic mass is 10.1. The predicted molar refractivity (Wildman–Crippen MR) is 63.6 cm³/mol. The first kappa shape index (κ1) is 12.2. The van der Waals surface area contributed by atoms with Crippen LogP contribution in [0.25, 0.3) is 0 Å². The molecule has 2 aliphatic heterocycles. The highest BCUT2D eigenvalue weighted by Crippen LogP contribution is 2.23. The van der Waals surface area contributed by atoms with Crippen LogP contribution < -0.4 is 0 Å². The van der Waals surface area contributed by atoms with E-state index in [-0.39, 0.29) is 12.0 Å². The molecule has 0 aromatic rings. The van der Waals surface area contributed by atoms with E-state index >= 15 is 0 Å². The van der Waals surface area contributed by atoms with E-state index in [0.717, 1.165) is 45.4 Å². The van der Waals surface area contributed by atoms with Gasteiger partial charge in [0.1, 0.15) is 0 Å². The van der Waals surface area contributed by atoms with Gasteiger partial charge in [0.15, 0.2) is 0 Å². The predicted octanol–water partition coefficient (Wildman–Crippen LogP) is 2.03. The highest BCUT2D eigenvalue weighted by molar-refractivity contribution is 6.17. The molecular weight excluding hydrogens is 226 g/mol. The summed E-state index contributed by atoms with van der Waals surface area (Å²) in [5.41, 5.74) is 0. The van der Waals surface area contributed by atoms with Crippen molar-refractivity contribution in [1.29, 1.82) is 0 Å². The van der Waals surface area contributed by atoms with Crippen LogP contribution in [0.15, 0.2) is 0 Å². The fraction of sp³-hybridized carbons (Fsp3) is 0.917. The van der Waals surface area contributed by atoms with Gasteiger partial charge in [-0.1, -0.05) is 0 Å². The Bertz CT molecular complexity index is 241. The number of nitrogens with zero attached hydrogens (tertiary/aromatic N) is 1. The minimum atomic E-state index is 0.180. The SMILES string of the molecule is O=C(CC1CCCO1)N1CCC(CCCl)C1. The molecule has 16 heavy (non-hydrogen) atoms. The molecule has 2 aliphatic rings. The summed E-state index contributed by atoms with van der Waals surface area (Å²) in [6.45, 7) is 2.64. The first-order valence-electron chi connectivity index (χ1n) is 6.25. The molecule has 1 amide bonds. The lowest BCUT2D eigenvalue weighted by Crippen LogP contribution is -2.31. The number of carbonyl (C=O) groups excluding carboxylic acids is 1. The van der Waals surface area contributed by atoms with Crippen molar-refractivity contribution < 1.29 is 9.53 Å². The van der Waals surface area contributed by atoms with E-state index in [9.17, 15) is 4.79 Å². The number of rotatable bonds is 4. The second kappa shape index (κ2) is 5.87. The fourth-order valence-electron chi connectivity index (χ4n) is 2.58. The first-order valence-corrected chi connectivity index (χ1v) is 6.78. The molecule has 2 heterocycles. The van der Waals surface area contributed by atoms with Crippen LogP contribution in [0.4, 0.5) is 0 Å². The molecule has 4 heteroatoms. The zero-order valence-electron chi connectivity index (χ0n) is 9.66. The number of likely N-dealkylation sites (tertiary alicyclic amines) is 1. The van der Waals surface area contributed by atoms with E-state index in [1.54, 1.807) is 0 Å². The van der Waals surface area contributed by atoms with Crippen LogP contribution in [0, 0.1) is 5.92 Å². The minimum absolute atomic E-state index is 0.180. The van der Waals surface area contributed by atoms with Crippen LogP contribution in [0.2, 0.25) is 0 Å². The van der Waals surface area contributed by atoms with Gasteiger partial charge in [-0.05, 0) is 31.6 Å². The van der Waals surface area contributed by atoms with Crippen LogP contribution in [0.1, 0.15) is 32.1 Å². The van der Waals surface area contributed by atoms with Crippen LogP contribution in [-0.4, -0.2) is 42.5 Å². The third-order valence-corrected chi connectivity index (χ3v) is 3.80. The van der Waals surface area contributed by atoms with Crippen LogP contribution in [0.5, 0.6) is 0 Å². The molecule has 2 rings (SSSR count). The molecule has 2 unspecified atom stereocenters. The smallest absolute Gasteiger partial charge is 0.225 e. The summed E-state index contributed by atoms with van der Waals surface area (Å²) in [6.07, 6.45) is 5.06. The summed E-state index contributed by atoms with van der Waals surface area (Å²) < 4.78 is 5.49. The quantitative estimate of drug-likeness (QED) is 0.710. The highest BCUT2D eigenvalue weighted by atomic mass is 35.5. The van der Waals surface area contributed by atoms with Gasteiger partial charge >= 0.3 is 0 Å². The molecule has 0 aromatic heterocycles. The Morgan fingerprint density at radius 3 is 3.00 bits per heavy atom. The zero-order chi connectivity index (χ0) is 11.4. The van der Waals surface area contributed by atoms with Crippen molar-refractivity contribution in [1.82, 2.24) is 4.90 Å².